The summed E-state index contributed by atoms with van der Waals surface area (Å²) in [6, 6.07) is 6.56. The molecule has 2 aliphatic rings. The van der Waals surface area contributed by atoms with Crippen LogP contribution in [0.15, 0.2) is 36.7 Å². The number of ether oxygens (including phenoxy) is 1. The summed E-state index contributed by atoms with van der Waals surface area (Å²) in [6.45, 7) is 6.39. The average molecular weight is 376 g/mol. The normalized spacial score (nSPS) is 20.4. The monoisotopic (exact) mass is 376 g/mol. The molecule has 0 spiro atoms. The fourth-order valence-electron chi connectivity index (χ4n) is 4.07. The number of nitrogens with one attached hydrogen (secondary N) is 2. The minimum atomic E-state index is 0.292. The van der Waals surface area contributed by atoms with Crippen molar-refractivity contribution in [1.82, 2.24) is 25.5 Å². The summed E-state index contributed by atoms with van der Waals surface area (Å²) in [4.78, 5) is 12.1. The maximum Gasteiger partial charge on any atom is 0.130 e. The van der Waals surface area contributed by atoms with Crippen LogP contribution in [0.4, 0.5) is 5.82 Å². The van der Waals surface area contributed by atoms with Crippen LogP contribution in [-0.4, -0.2) is 59.1 Å². The first-order valence-electron chi connectivity index (χ1n) is 9.85. The number of pyridine rings is 2. The summed E-state index contributed by atoms with van der Waals surface area (Å²) < 4.78 is 5.64. The van der Waals surface area contributed by atoms with Crippen LogP contribution < -0.4 is 10.2 Å². The molecular weight excluding hydrogens is 352 g/mol. The Morgan fingerprint density at radius 2 is 2.21 bits per heavy atom. The number of aromatic amines is 1. The van der Waals surface area contributed by atoms with Crippen molar-refractivity contribution < 1.29 is 4.74 Å². The van der Waals surface area contributed by atoms with Crippen LogP contribution in [0.1, 0.15) is 18.9 Å². The molecule has 0 amide bonds. The van der Waals surface area contributed by atoms with Crippen LogP contribution in [0.5, 0.6) is 0 Å². The molecule has 7 nitrogen and oxygen atoms in total. The Kier molecular flexibility index (Phi) is 4.54. The van der Waals surface area contributed by atoms with Gasteiger partial charge in [-0.1, -0.05) is 6.08 Å². The molecule has 0 aromatic carbocycles. The average Bonchev–Trinajstić information content (AvgIpc) is 3.28. The number of hydrogen-bond donors (Lipinski definition) is 2. The van der Waals surface area contributed by atoms with Gasteiger partial charge in [-0.25, -0.2) is 4.98 Å². The molecule has 3 aromatic heterocycles. The van der Waals surface area contributed by atoms with E-state index < -0.39 is 0 Å². The smallest absolute Gasteiger partial charge is 0.130 e. The van der Waals surface area contributed by atoms with E-state index in [9.17, 15) is 0 Å². The lowest BCUT2D eigenvalue weighted by atomic mass is 9.96. The van der Waals surface area contributed by atoms with Crippen LogP contribution in [-0.2, 0) is 4.74 Å². The summed E-state index contributed by atoms with van der Waals surface area (Å²) in [7, 11) is 0. The predicted molar refractivity (Wildman–Crippen MR) is 110 cm³/mol. The van der Waals surface area contributed by atoms with Gasteiger partial charge in [0.15, 0.2) is 0 Å². The second-order valence-corrected chi connectivity index (χ2v) is 7.35. The summed E-state index contributed by atoms with van der Waals surface area (Å²) >= 11 is 0. The number of anilines is 1. The van der Waals surface area contributed by atoms with Crippen molar-refractivity contribution in [2.45, 2.75) is 19.4 Å². The van der Waals surface area contributed by atoms with Gasteiger partial charge in [-0.3, -0.25) is 10.1 Å². The summed E-state index contributed by atoms with van der Waals surface area (Å²) in [5.41, 5.74) is 5.26. The fraction of sp³-hybridized carbons (Fsp3) is 0.381. The van der Waals surface area contributed by atoms with E-state index in [4.69, 9.17) is 9.72 Å². The minimum Gasteiger partial charge on any atom is -0.377 e. The molecule has 144 valence electrons. The molecular formula is C21H24N6O. The van der Waals surface area contributed by atoms with Gasteiger partial charge in [0.05, 0.1) is 24.9 Å². The Hall–Kier alpha value is -2.77. The molecule has 1 fully saturated rings. The van der Waals surface area contributed by atoms with Crippen LogP contribution in [0.2, 0.25) is 0 Å². The van der Waals surface area contributed by atoms with E-state index in [2.05, 4.69) is 50.5 Å². The number of nitrogens with zero attached hydrogens (tertiary/aromatic N) is 4. The van der Waals surface area contributed by atoms with Gasteiger partial charge in [0.1, 0.15) is 17.0 Å². The quantitative estimate of drug-likeness (QED) is 0.732. The Balaban J connectivity index is 1.74. The summed E-state index contributed by atoms with van der Waals surface area (Å²) in [5.74, 6) is 0.992. The first-order chi connectivity index (χ1) is 13.8. The van der Waals surface area contributed by atoms with Crippen molar-refractivity contribution in [3.05, 3.63) is 42.2 Å². The van der Waals surface area contributed by atoms with Gasteiger partial charge in [0.25, 0.3) is 0 Å². The van der Waals surface area contributed by atoms with E-state index in [1.54, 1.807) is 6.20 Å². The number of fused-ring (bicyclic) bond motifs is 1. The van der Waals surface area contributed by atoms with Crippen molar-refractivity contribution in [2.24, 2.45) is 0 Å². The second kappa shape index (κ2) is 7.33. The lowest BCUT2D eigenvalue weighted by molar-refractivity contribution is 0.0985. The summed E-state index contributed by atoms with van der Waals surface area (Å²) in [6.07, 6.45) is 6.92. The highest BCUT2D eigenvalue weighted by Gasteiger charge is 2.23. The molecule has 3 aromatic rings. The first-order valence-corrected chi connectivity index (χ1v) is 9.85. The Labute approximate surface area is 163 Å². The third-order valence-electron chi connectivity index (χ3n) is 5.54. The van der Waals surface area contributed by atoms with E-state index in [-0.39, 0.29) is 0 Å². The Morgan fingerprint density at radius 3 is 3.00 bits per heavy atom. The van der Waals surface area contributed by atoms with E-state index in [0.29, 0.717) is 6.04 Å². The Morgan fingerprint density at radius 1 is 1.25 bits per heavy atom. The van der Waals surface area contributed by atoms with Gasteiger partial charge >= 0.3 is 0 Å². The topological polar surface area (TPSA) is 79.0 Å². The van der Waals surface area contributed by atoms with Gasteiger partial charge in [-0.05, 0) is 49.2 Å². The zero-order valence-electron chi connectivity index (χ0n) is 16.0. The minimum absolute atomic E-state index is 0.292. The van der Waals surface area contributed by atoms with E-state index >= 15 is 0 Å². The van der Waals surface area contributed by atoms with E-state index in [1.165, 1.54) is 11.1 Å². The Bertz CT molecular complexity index is 1010. The highest BCUT2D eigenvalue weighted by molar-refractivity contribution is 5.99. The van der Waals surface area contributed by atoms with Crippen molar-refractivity contribution in [3.8, 4) is 11.4 Å². The van der Waals surface area contributed by atoms with E-state index in [1.807, 2.05) is 12.3 Å². The molecule has 0 bridgehead atoms. The van der Waals surface area contributed by atoms with E-state index in [0.717, 1.165) is 67.4 Å². The molecule has 5 rings (SSSR count). The molecule has 7 heteroatoms. The highest BCUT2D eigenvalue weighted by atomic mass is 16.5. The fourth-order valence-corrected chi connectivity index (χ4v) is 4.07. The second-order valence-electron chi connectivity index (χ2n) is 7.35. The molecule has 0 aliphatic carbocycles. The maximum absolute atomic E-state index is 5.64. The molecule has 1 saturated heterocycles. The van der Waals surface area contributed by atoms with Crippen LogP contribution in [0.25, 0.3) is 27.9 Å². The molecule has 2 N–H and O–H groups in total. The maximum atomic E-state index is 5.64. The van der Waals surface area contributed by atoms with Crippen LogP contribution >= 0.6 is 0 Å². The van der Waals surface area contributed by atoms with Crippen molar-refractivity contribution in [3.63, 3.8) is 0 Å². The number of rotatable bonds is 3. The standard InChI is InChI=1S/C21H24N6O/c1-14-13-28-11-10-27(14)19-12-17(15-2-6-22-7-3-15)16-4-8-23-21(20(16)25-19)18-5-9-24-26-18/h2,4-5,8-9,12,14,22H,3,6-7,10-11,13H2,1H3,(H,24,26). The number of aromatic nitrogens is 4. The molecule has 28 heavy (non-hydrogen) atoms. The molecule has 0 radical (unpaired) electrons. The molecule has 2 aliphatic heterocycles. The largest absolute Gasteiger partial charge is 0.377 e. The molecule has 1 unspecified atom stereocenters. The lowest BCUT2D eigenvalue weighted by Crippen LogP contribution is -2.44. The zero-order valence-corrected chi connectivity index (χ0v) is 16.0. The SMILES string of the molecule is CC1COCCN1c1cc(C2=CCNCC2)c2ccnc(-c3ccn[nH]3)c2n1. The lowest BCUT2D eigenvalue weighted by Gasteiger charge is -2.35. The molecule has 5 heterocycles. The first kappa shape index (κ1) is 17.3. The number of hydrogen-bond acceptors (Lipinski definition) is 6. The number of H-pyrrole nitrogens is 1. The van der Waals surface area contributed by atoms with Gasteiger partial charge in [0, 0.05) is 30.9 Å². The van der Waals surface area contributed by atoms with Gasteiger partial charge in [-0.15, -0.1) is 0 Å². The molecule has 1 atom stereocenters. The van der Waals surface area contributed by atoms with Crippen molar-refractivity contribution in [1.29, 1.82) is 0 Å². The van der Waals surface area contributed by atoms with Crippen LogP contribution in [0, 0.1) is 0 Å². The van der Waals surface area contributed by atoms with Crippen molar-refractivity contribution >= 4 is 22.3 Å². The third-order valence-corrected chi connectivity index (χ3v) is 5.54. The highest BCUT2D eigenvalue weighted by Crippen LogP contribution is 2.34. The summed E-state index contributed by atoms with van der Waals surface area (Å²) in [5, 5.41) is 11.7. The van der Waals surface area contributed by atoms with Gasteiger partial charge < -0.3 is 15.0 Å². The third kappa shape index (κ3) is 3.06. The van der Waals surface area contributed by atoms with Gasteiger partial charge in [-0.2, -0.15) is 5.10 Å². The molecule has 0 saturated carbocycles. The van der Waals surface area contributed by atoms with Crippen LogP contribution in [0.3, 0.4) is 0 Å². The van der Waals surface area contributed by atoms with Crippen molar-refractivity contribution in [2.75, 3.05) is 37.7 Å². The van der Waals surface area contributed by atoms with Gasteiger partial charge in [0.2, 0.25) is 0 Å². The number of morpholine rings is 1. The predicted octanol–water partition coefficient (Wildman–Crippen LogP) is 2.62. The zero-order chi connectivity index (χ0) is 18.9.